The first kappa shape index (κ1) is 19.6. The molecule has 0 aromatic carbocycles. The Morgan fingerprint density at radius 3 is 2.54 bits per heavy atom. The van der Waals surface area contributed by atoms with Gasteiger partial charge in [-0.2, -0.15) is 0 Å². The lowest BCUT2D eigenvalue weighted by molar-refractivity contribution is -0.137. The van der Waals surface area contributed by atoms with Crippen LogP contribution >= 0.6 is 0 Å². The van der Waals surface area contributed by atoms with Gasteiger partial charge >= 0.3 is 0 Å². The van der Waals surface area contributed by atoms with Crippen molar-refractivity contribution in [3.05, 3.63) is 0 Å². The van der Waals surface area contributed by atoms with Crippen LogP contribution in [0, 0.1) is 5.41 Å². The molecule has 0 aliphatic carbocycles. The summed E-state index contributed by atoms with van der Waals surface area (Å²) in [6, 6.07) is 0.295. The zero-order valence-corrected chi connectivity index (χ0v) is 15.6. The van der Waals surface area contributed by atoms with Crippen LogP contribution in [0.2, 0.25) is 0 Å². The second-order valence-electron chi connectivity index (χ2n) is 7.47. The highest BCUT2D eigenvalue weighted by Gasteiger charge is 2.40. The fraction of sp³-hybridized carbons (Fsp3) is 0.944. The Kier molecular flexibility index (Phi) is 7.94. The molecule has 1 amide bonds. The molecule has 2 rings (SSSR count). The molecule has 2 heterocycles. The van der Waals surface area contributed by atoms with E-state index in [-0.39, 0.29) is 11.3 Å². The van der Waals surface area contributed by atoms with Crippen LogP contribution in [0.25, 0.3) is 0 Å². The molecule has 0 radical (unpaired) electrons. The lowest BCUT2D eigenvalue weighted by Crippen LogP contribution is -2.54. The Labute approximate surface area is 146 Å². The highest BCUT2D eigenvalue weighted by Crippen LogP contribution is 2.30. The molecule has 6 nitrogen and oxygen atoms in total. The minimum Gasteiger partial charge on any atom is -0.384 e. The largest absolute Gasteiger partial charge is 0.384 e. The molecule has 2 saturated heterocycles. The second kappa shape index (κ2) is 9.70. The average molecular weight is 341 g/mol. The van der Waals surface area contributed by atoms with Crippen LogP contribution in [-0.2, 0) is 14.3 Å². The molecule has 2 aliphatic heterocycles. The third-order valence-electron chi connectivity index (χ3n) is 5.24. The van der Waals surface area contributed by atoms with Crippen molar-refractivity contribution < 1.29 is 14.3 Å². The first-order valence-corrected chi connectivity index (χ1v) is 9.40. The van der Waals surface area contributed by atoms with E-state index in [0.29, 0.717) is 18.8 Å². The lowest BCUT2D eigenvalue weighted by Gasteiger charge is -2.38. The normalized spacial score (nSPS) is 22.7. The van der Waals surface area contributed by atoms with Crippen LogP contribution in [0.1, 0.15) is 39.5 Å². The van der Waals surface area contributed by atoms with Gasteiger partial charge in [-0.3, -0.25) is 4.79 Å². The molecule has 24 heavy (non-hydrogen) atoms. The third kappa shape index (κ3) is 5.69. The number of carbonyl (C=O) groups is 1. The summed E-state index contributed by atoms with van der Waals surface area (Å²) in [5.74, 6) is 0.187. The van der Waals surface area contributed by atoms with Crippen molar-refractivity contribution in [1.82, 2.24) is 15.5 Å². The number of likely N-dealkylation sites (tertiary alicyclic amines) is 1. The summed E-state index contributed by atoms with van der Waals surface area (Å²) >= 11 is 0. The van der Waals surface area contributed by atoms with Gasteiger partial charge in [0, 0.05) is 32.8 Å². The highest BCUT2D eigenvalue weighted by molar-refractivity contribution is 5.83. The van der Waals surface area contributed by atoms with Crippen molar-refractivity contribution in [1.29, 1.82) is 0 Å². The van der Waals surface area contributed by atoms with Crippen LogP contribution in [0.5, 0.6) is 0 Å². The van der Waals surface area contributed by atoms with Gasteiger partial charge in [0.2, 0.25) is 5.91 Å². The van der Waals surface area contributed by atoms with Gasteiger partial charge in [-0.1, -0.05) is 0 Å². The first-order chi connectivity index (χ1) is 11.6. The molecule has 2 N–H and O–H groups in total. The SMILES string of the molecule is COCC1(C(=O)NC2CCN(CCOC(C)C)CC2)CCNCC1. The maximum atomic E-state index is 12.9. The van der Waals surface area contributed by atoms with Crippen molar-refractivity contribution in [2.75, 3.05) is 53.0 Å². The quantitative estimate of drug-likeness (QED) is 0.690. The molecule has 2 aliphatic rings. The van der Waals surface area contributed by atoms with Gasteiger partial charge in [-0.05, 0) is 52.6 Å². The number of ether oxygens (including phenoxy) is 2. The Balaban J connectivity index is 1.74. The van der Waals surface area contributed by atoms with Crippen LogP contribution in [0.3, 0.4) is 0 Å². The molecule has 0 bridgehead atoms. The van der Waals surface area contributed by atoms with Crippen molar-refractivity contribution in [2.45, 2.75) is 51.7 Å². The van der Waals surface area contributed by atoms with Crippen LogP contribution in [0.15, 0.2) is 0 Å². The number of nitrogens with zero attached hydrogens (tertiary/aromatic N) is 1. The van der Waals surface area contributed by atoms with Crippen LogP contribution in [-0.4, -0.2) is 76.0 Å². The number of piperidine rings is 2. The summed E-state index contributed by atoms with van der Waals surface area (Å²) in [6.45, 7) is 10.3. The van der Waals surface area contributed by atoms with Crippen molar-refractivity contribution in [2.24, 2.45) is 5.41 Å². The Morgan fingerprint density at radius 1 is 1.29 bits per heavy atom. The predicted molar refractivity (Wildman–Crippen MR) is 95.1 cm³/mol. The van der Waals surface area contributed by atoms with Crippen molar-refractivity contribution in [3.8, 4) is 0 Å². The molecule has 0 aromatic rings. The van der Waals surface area contributed by atoms with Gasteiger partial charge in [0.1, 0.15) is 0 Å². The van der Waals surface area contributed by atoms with Crippen molar-refractivity contribution >= 4 is 5.91 Å². The number of hydrogen-bond acceptors (Lipinski definition) is 5. The van der Waals surface area contributed by atoms with Crippen LogP contribution < -0.4 is 10.6 Å². The van der Waals surface area contributed by atoms with Gasteiger partial charge < -0.3 is 25.0 Å². The van der Waals surface area contributed by atoms with Gasteiger partial charge in [0.25, 0.3) is 0 Å². The second-order valence-corrected chi connectivity index (χ2v) is 7.47. The molecule has 0 saturated carbocycles. The molecule has 6 heteroatoms. The molecule has 0 unspecified atom stereocenters. The van der Waals surface area contributed by atoms with Gasteiger partial charge in [0.15, 0.2) is 0 Å². The Bertz CT molecular complexity index is 370. The van der Waals surface area contributed by atoms with E-state index in [2.05, 4.69) is 29.4 Å². The van der Waals surface area contributed by atoms with Gasteiger partial charge in [-0.25, -0.2) is 0 Å². The van der Waals surface area contributed by atoms with Crippen LogP contribution in [0.4, 0.5) is 0 Å². The number of hydrogen-bond donors (Lipinski definition) is 2. The van der Waals surface area contributed by atoms with E-state index >= 15 is 0 Å². The molecule has 0 atom stereocenters. The summed E-state index contributed by atoms with van der Waals surface area (Å²) in [5.41, 5.74) is -0.345. The fourth-order valence-electron chi connectivity index (χ4n) is 3.68. The zero-order valence-electron chi connectivity index (χ0n) is 15.6. The average Bonchev–Trinajstić information content (AvgIpc) is 2.57. The van der Waals surface area contributed by atoms with E-state index in [4.69, 9.17) is 9.47 Å². The molecule has 2 fully saturated rings. The molecular formula is C18H35N3O3. The van der Waals surface area contributed by atoms with E-state index in [0.717, 1.165) is 65.0 Å². The number of methoxy groups -OCH3 is 1. The maximum Gasteiger partial charge on any atom is 0.228 e. The number of carbonyl (C=O) groups excluding carboxylic acids is 1. The van der Waals surface area contributed by atoms with E-state index in [1.54, 1.807) is 7.11 Å². The van der Waals surface area contributed by atoms with Gasteiger partial charge in [0.05, 0.1) is 24.7 Å². The number of nitrogens with one attached hydrogen (secondary N) is 2. The molecule has 0 aromatic heterocycles. The Hall–Kier alpha value is -0.690. The smallest absolute Gasteiger partial charge is 0.228 e. The topological polar surface area (TPSA) is 62.8 Å². The number of amides is 1. The lowest BCUT2D eigenvalue weighted by atomic mass is 9.78. The monoisotopic (exact) mass is 341 g/mol. The molecular weight excluding hydrogens is 306 g/mol. The standard InChI is InChI=1S/C18H35N3O3/c1-15(2)24-13-12-21-10-4-16(5-11-21)20-17(22)18(14-23-3)6-8-19-9-7-18/h15-16,19H,4-14H2,1-3H3,(H,20,22). The number of rotatable bonds is 8. The fourth-order valence-corrected chi connectivity index (χ4v) is 3.68. The molecule has 140 valence electrons. The zero-order chi connectivity index (χ0) is 17.4. The summed E-state index contributed by atoms with van der Waals surface area (Å²) in [7, 11) is 1.69. The molecule has 0 spiro atoms. The Morgan fingerprint density at radius 2 is 1.96 bits per heavy atom. The summed E-state index contributed by atoms with van der Waals surface area (Å²) < 4.78 is 11.0. The van der Waals surface area contributed by atoms with E-state index in [1.165, 1.54) is 0 Å². The van der Waals surface area contributed by atoms with Crippen molar-refractivity contribution in [3.63, 3.8) is 0 Å². The first-order valence-electron chi connectivity index (χ1n) is 9.40. The summed E-state index contributed by atoms with van der Waals surface area (Å²) in [5, 5.41) is 6.64. The maximum absolute atomic E-state index is 12.9. The van der Waals surface area contributed by atoms with Gasteiger partial charge in [-0.15, -0.1) is 0 Å². The van der Waals surface area contributed by atoms with E-state index < -0.39 is 0 Å². The minimum absolute atomic E-state index is 0.187. The summed E-state index contributed by atoms with van der Waals surface area (Å²) in [6.07, 6.45) is 4.06. The van der Waals surface area contributed by atoms with E-state index in [1.807, 2.05) is 0 Å². The summed E-state index contributed by atoms with van der Waals surface area (Å²) in [4.78, 5) is 15.3. The minimum atomic E-state index is -0.345. The highest BCUT2D eigenvalue weighted by atomic mass is 16.5. The third-order valence-corrected chi connectivity index (χ3v) is 5.24. The predicted octanol–water partition coefficient (Wildman–Crippen LogP) is 1.01. The van der Waals surface area contributed by atoms with E-state index in [9.17, 15) is 4.79 Å².